The van der Waals surface area contributed by atoms with Crippen molar-refractivity contribution in [3.63, 3.8) is 0 Å². The third-order valence-electron chi connectivity index (χ3n) is 7.24. The van der Waals surface area contributed by atoms with Gasteiger partial charge in [-0.05, 0) is 12.8 Å². The van der Waals surface area contributed by atoms with Crippen molar-refractivity contribution in [1.82, 2.24) is 10.2 Å². The van der Waals surface area contributed by atoms with Gasteiger partial charge < -0.3 is 25.2 Å². The van der Waals surface area contributed by atoms with Gasteiger partial charge in [-0.2, -0.15) is 0 Å². The van der Waals surface area contributed by atoms with Crippen LogP contribution in [0.5, 0.6) is 0 Å². The van der Waals surface area contributed by atoms with E-state index in [0.717, 1.165) is 25.7 Å². The summed E-state index contributed by atoms with van der Waals surface area (Å²) in [5.41, 5.74) is 0. The van der Waals surface area contributed by atoms with Crippen molar-refractivity contribution in [3.05, 3.63) is 0 Å². The number of carboxylic acids is 2. The number of hydrogen-bond donors (Lipinski definition) is 2. The van der Waals surface area contributed by atoms with E-state index in [9.17, 15) is 24.3 Å². The van der Waals surface area contributed by atoms with Crippen LogP contribution in [0, 0.1) is 0 Å². The Kier molecular flexibility index (Phi) is 38.9. The smallest absolute Gasteiger partial charge is 0.550 e. The molecule has 0 saturated heterocycles. The van der Waals surface area contributed by atoms with Gasteiger partial charge in [-0.3, -0.25) is 14.4 Å². The zero-order valence-electron chi connectivity index (χ0n) is 27.8. The fourth-order valence-electron chi connectivity index (χ4n) is 4.51. The monoisotopic (exact) mass is 606 g/mol. The molecule has 0 atom stereocenters. The number of nitrogens with one attached hydrogen (secondary N) is 1. The molecule has 0 aliphatic carbocycles. The van der Waals surface area contributed by atoms with Gasteiger partial charge in [-0.15, -0.1) is 0 Å². The van der Waals surface area contributed by atoms with Crippen molar-refractivity contribution in [2.45, 2.75) is 168 Å². The Morgan fingerprint density at radius 2 is 0.976 bits per heavy atom. The van der Waals surface area contributed by atoms with Crippen molar-refractivity contribution < 1.29 is 58.9 Å². The van der Waals surface area contributed by atoms with Gasteiger partial charge in [0.1, 0.15) is 0 Å². The molecule has 242 valence electrons. The fraction of sp³-hybridized carbons (Fsp3) is 0.879. The van der Waals surface area contributed by atoms with Crippen LogP contribution < -0.4 is 40.0 Å². The Hall–Kier alpha value is -1.12. The summed E-state index contributed by atoms with van der Waals surface area (Å²) in [6.07, 6.45) is 26.0. The van der Waals surface area contributed by atoms with E-state index in [2.05, 4.69) is 19.2 Å². The van der Waals surface area contributed by atoms with E-state index in [-0.39, 0.29) is 67.3 Å². The second kappa shape index (κ2) is 36.1. The molecule has 42 heavy (non-hydrogen) atoms. The molecule has 9 heteroatoms. The zero-order chi connectivity index (χ0) is 31.0. The summed E-state index contributed by atoms with van der Waals surface area (Å²) in [6, 6.07) is 0. The Balaban J connectivity index is -0.000000708. The number of rotatable bonds is 28. The maximum atomic E-state index is 11.7. The Labute approximate surface area is 279 Å². The Morgan fingerprint density at radius 3 is 1.36 bits per heavy atom. The molecule has 0 fully saturated rings. The van der Waals surface area contributed by atoms with Crippen molar-refractivity contribution in [2.75, 3.05) is 20.1 Å². The molecule has 0 aromatic heterocycles. The second-order valence-corrected chi connectivity index (χ2v) is 11.3. The normalized spacial score (nSPS) is 10.3. The number of amides is 2. The summed E-state index contributed by atoms with van der Waals surface area (Å²) in [5, 5.41) is 21.4. The van der Waals surface area contributed by atoms with Crippen LogP contribution in [0.1, 0.15) is 168 Å². The van der Waals surface area contributed by atoms with E-state index in [1.807, 2.05) is 0 Å². The molecule has 0 aromatic rings. The van der Waals surface area contributed by atoms with Gasteiger partial charge in [0, 0.05) is 45.4 Å². The summed E-state index contributed by atoms with van der Waals surface area (Å²) in [6.45, 7) is 4.96. The minimum Gasteiger partial charge on any atom is -0.550 e. The van der Waals surface area contributed by atoms with E-state index >= 15 is 0 Å². The van der Waals surface area contributed by atoms with Gasteiger partial charge in [-0.1, -0.05) is 129 Å². The maximum absolute atomic E-state index is 11.7. The number of carbonyl (C=O) groups excluding carboxylic acids is 3. The molecule has 0 rings (SSSR count). The molecule has 2 amide bonds. The van der Waals surface area contributed by atoms with Crippen molar-refractivity contribution in [3.8, 4) is 0 Å². The molecule has 0 saturated carbocycles. The molecule has 0 aliphatic heterocycles. The first-order valence-corrected chi connectivity index (χ1v) is 16.7. The average Bonchev–Trinajstić information content (AvgIpc) is 2.93. The van der Waals surface area contributed by atoms with Crippen LogP contribution in [0.15, 0.2) is 0 Å². The number of hydrogen-bond acceptors (Lipinski definition) is 5. The van der Waals surface area contributed by atoms with Crippen LogP contribution in [0.4, 0.5) is 0 Å². The number of carbonyl (C=O) groups is 4. The molecule has 0 heterocycles. The molecule has 0 bridgehead atoms. The van der Waals surface area contributed by atoms with Crippen LogP contribution in [-0.4, -0.2) is 53.9 Å². The Morgan fingerprint density at radius 1 is 0.595 bits per heavy atom. The predicted molar refractivity (Wildman–Crippen MR) is 165 cm³/mol. The fourth-order valence-corrected chi connectivity index (χ4v) is 4.51. The minimum atomic E-state index is -1.10. The van der Waals surface area contributed by atoms with Gasteiger partial charge in [0.05, 0.1) is 6.42 Å². The molecule has 2 N–H and O–H groups in total. The van der Waals surface area contributed by atoms with Crippen LogP contribution in [-0.2, 0) is 19.2 Å². The van der Waals surface area contributed by atoms with E-state index in [1.54, 1.807) is 7.05 Å². The van der Waals surface area contributed by atoms with Gasteiger partial charge in [0.15, 0.2) is 0 Å². The van der Waals surface area contributed by atoms with E-state index in [4.69, 9.17) is 5.11 Å². The standard InChI is InChI=1S/C17H33NO3.C16H31NO3.Na/c1-2-3-4-5-6-7-8-9-10-11-12-13-16(19)18-15-14-17(20)21;1-3-4-5-6-7-8-9-10-11-12-15(18)17(2)14-13-16(19)20;/h2-15H2,1H3,(H,18,19)(H,20,21);3-14H2,1-2H3,(H,19,20);/q;;+1/p-1. The molecule has 0 aromatic carbocycles. The van der Waals surface area contributed by atoms with Gasteiger partial charge in [0.2, 0.25) is 11.8 Å². The molecular weight excluding hydrogens is 543 g/mol. The largest absolute Gasteiger partial charge is 1.00 e. The van der Waals surface area contributed by atoms with Crippen molar-refractivity contribution >= 4 is 23.8 Å². The molecule has 8 nitrogen and oxygen atoms in total. The van der Waals surface area contributed by atoms with Crippen LogP contribution >= 0.6 is 0 Å². The first-order valence-electron chi connectivity index (χ1n) is 16.7. The van der Waals surface area contributed by atoms with Crippen LogP contribution in [0.2, 0.25) is 0 Å². The Bertz CT molecular complexity index is 648. The number of unbranched alkanes of at least 4 members (excludes halogenated alkanes) is 18. The number of nitrogens with zero attached hydrogens (tertiary/aromatic N) is 1. The summed E-state index contributed by atoms with van der Waals surface area (Å²) >= 11 is 0. The quantitative estimate of drug-likeness (QED) is 0.103. The molecular formula is C33H63N2NaO6. The van der Waals surface area contributed by atoms with Crippen molar-refractivity contribution in [1.29, 1.82) is 0 Å². The van der Waals surface area contributed by atoms with E-state index in [0.29, 0.717) is 12.8 Å². The average molecular weight is 607 g/mol. The third-order valence-corrected chi connectivity index (χ3v) is 7.24. The first-order chi connectivity index (χ1) is 19.7. The predicted octanol–water partition coefficient (Wildman–Crippen LogP) is 3.79. The molecule has 0 unspecified atom stereocenters. The zero-order valence-corrected chi connectivity index (χ0v) is 29.8. The van der Waals surface area contributed by atoms with Crippen LogP contribution in [0.25, 0.3) is 0 Å². The molecule has 0 radical (unpaired) electrons. The molecule has 0 aliphatic rings. The third kappa shape index (κ3) is 38.9. The number of carboxylic acid groups (broad SMARTS) is 2. The minimum absolute atomic E-state index is 0. The maximum Gasteiger partial charge on any atom is 1.00 e. The number of aliphatic carboxylic acids is 2. The second-order valence-electron chi connectivity index (χ2n) is 11.3. The van der Waals surface area contributed by atoms with Gasteiger partial charge in [0.25, 0.3) is 0 Å². The van der Waals surface area contributed by atoms with Gasteiger partial charge in [-0.25, -0.2) is 0 Å². The summed E-state index contributed by atoms with van der Waals surface area (Å²) < 4.78 is 0. The molecule has 0 spiro atoms. The van der Waals surface area contributed by atoms with Crippen molar-refractivity contribution in [2.24, 2.45) is 0 Å². The SMILES string of the molecule is CCCCCCCCCCCC(=O)N(C)CCC(=O)[O-].CCCCCCCCCCCCCC(=O)NCCC(=O)O.[Na+]. The van der Waals surface area contributed by atoms with E-state index < -0.39 is 11.9 Å². The van der Waals surface area contributed by atoms with Gasteiger partial charge >= 0.3 is 35.5 Å². The van der Waals surface area contributed by atoms with Crippen LogP contribution in [0.3, 0.4) is 0 Å². The van der Waals surface area contributed by atoms with E-state index in [1.165, 1.54) is 108 Å². The summed E-state index contributed by atoms with van der Waals surface area (Å²) in [5.74, 6) is -1.96. The summed E-state index contributed by atoms with van der Waals surface area (Å²) in [4.78, 5) is 45.1. The topological polar surface area (TPSA) is 127 Å². The summed E-state index contributed by atoms with van der Waals surface area (Å²) in [7, 11) is 1.65. The first kappa shape index (κ1) is 45.3.